The van der Waals surface area contributed by atoms with Crippen molar-refractivity contribution in [1.82, 2.24) is 15.0 Å². The molecule has 0 saturated heterocycles. The number of nitrogens with zero attached hydrogens (tertiary/aromatic N) is 3. The molecule has 0 atom stereocenters. The van der Waals surface area contributed by atoms with E-state index in [0.29, 0.717) is 22.4 Å². The van der Waals surface area contributed by atoms with Crippen molar-refractivity contribution >= 4 is 35.3 Å². The van der Waals surface area contributed by atoms with E-state index in [9.17, 15) is 0 Å². The van der Waals surface area contributed by atoms with Crippen molar-refractivity contribution in [1.29, 1.82) is 0 Å². The first kappa shape index (κ1) is 15.5. The fraction of sp³-hybridized carbons (Fsp3) is 0.235. The zero-order valence-corrected chi connectivity index (χ0v) is 13.9. The number of aromatic nitrogens is 3. The van der Waals surface area contributed by atoms with E-state index in [1.165, 1.54) is 6.33 Å². The molecule has 3 rings (SSSR count). The Morgan fingerprint density at radius 3 is 2.70 bits per heavy atom. The molecule has 23 heavy (non-hydrogen) atoms. The number of pyridine rings is 1. The third-order valence-corrected chi connectivity index (χ3v) is 3.87. The number of hydrogen-bond donors (Lipinski definition) is 1. The summed E-state index contributed by atoms with van der Waals surface area (Å²) in [6.07, 6.45) is 11.4. The van der Waals surface area contributed by atoms with E-state index in [2.05, 4.69) is 46.3 Å². The Kier molecular flexibility index (Phi) is 4.05. The Hall–Kier alpha value is -2.40. The number of nitrogens with one attached hydrogen (secondary N) is 1. The summed E-state index contributed by atoms with van der Waals surface area (Å²) in [5.74, 6) is 1.29. The molecule has 6 heteroatoms. The van der Waals surface area contributed by atoms with Crippen molar-refractivity contribution in [3.63, 3.8) is 0 Å². The van der Waals surface area contributed by atoms with Crippen LogP contribution in [0.3, 0.4) is 0 Å². The van der Waals surface area contributed by atoms with Crippen molar-refractivity contribution in [2.75, 3.05) is 12.4 Å². The van der Waals surface area contributed by atoms with E-state index in [1.807, 2.05) is 12.2 Å². The van der Waals surface area contributed by atoms with Gasteiger partial charge in [0, 0.05) is 17.0 Å². The Balaban J connectivity index is 2.02. The molecule has 0 spiro atoms. The number of ether oxygens (including phenoxy) is 1. The molecule has 0 amide bonds. The molecule has 2 heterocycles. The number of hydrogen-bond acceptors (Lipinski definition) is 5. The van der Waals surface area contributed by atoms with Crippen LogP contribution in [0, 0.1) is 5.41 Å². The minimum absolute atomic E-state index is 0.0346. The maximum absolute atomic E-state index is 6.16. The second kappa shape index (κ2) is 6.01. The molecule has 0 aliphatic heterocycles. The van der Waals surface area contributed by atoms with Gasteiger partial charge in [-0.15, -0.1) is 0 Å². The van der Waals surface area contributed by atoms with E-state index in [0.717, 1.165) is 11.3 Å². The first-order valence-corrected chi connectivity index (χ1v) is 7.56. The van der Waals surface area contributed by atoms with Gasteiger partial charge in [0.05, 0.1) is 24.7 Å². The van der Waals surface area contributed by atoms with Crippen molar-refractivity contribution in [3.8, 4) is 5.75 Å². The van der Waals surface area contributed by atoms with Gasteiger partial charge in [-0.25, -0.2) is 15.0 Å². The molecular weight excluding hydrogens is 312 g/mol. The third-order valence-electron chi connectivity index (χ3n) is 3.57. The lowest BCUT2D eigenvalue weighted by atomic mass is 9.93. The Morgan fingerprint density at radius 1 is 1.13 bits per heavy atom. The number of anilines is 2. The highest BCUT2D eigenvalue weighted by atomic mass is 35.5. The van der Waals surface area contributed by atoms with E-state index >= 15 is 0 Å². The zero-order chi connectivity index (χ0) is 16.4. The van der Waals surface area contributed by atoms with E-state index in [-0.39, 0.29) is 5.41 Å². The maximum atomic E-state index is 6.16. The monoisotopic (exact) mass is 328 g/mol. The van der Waals surface area contributed by atoms with E-state index < -0.39 is 0 Å². The van der Waals surface area contributed by atoms with Crippen LogP contribution in [-0.4, -0.2) is 22.1 Å². The number of methoxy groups -OCH3 is 1. The highest BCUT2D eigenvalue weighted by Crippen LogP contribution is 2.32. The van der Waals surface area contributed by atoms with Gasteiger partial charge in [-0.05, 0) is 6.08 Å². The second-order valence-corrected chi connectivity index (χ2v) is 6.21. The molecule has 5 nitrogen and oxygen atoms in total. The summed E-state index contributed by atoms with van der Waals surface area (Å²) < 4.78 is 5.19. The Bertz CT molecular complexity index is 799. The van der Waals surface area contributed by atoms with Crippen LogP contribution in [0.4, 0.5) is 11.5 Å². The molecular formula is C17H17ClN4O. The summed E-state index contributed by atoms with van der Waals surface area (Å²) in [5, 5.41) is 3.57. The number of allylic oxidation sites excluding steroid dienone is 2. The van der Waals surface area contributed by atoms with Crippen LogP contribution in [-0.2, 0) is 0 Å². The van der Waals surface area contributed by atoms with Gasteiger partial charge in [0.2, 0.25) is 0 Å². The van der Waals surface area contributed by atoms with Gasteiger partial charge in [-0.2, -0.15) is 0 Å². The Labute approximate surface area is 140 Å². The SMILES string of the molecule is COc1cnc(Cl)c(Nc2ncnc3c2C=CC(C)(C)C=C3)c1. The van der Waals surface area contributed by atoms with Crippen LogP contribution in [0.5, 0.6) is 5.75 Å². The first-order valence-electron chi connectivity index (χ1n) is 7.18. The lowest BCUT2D eigenvalue weighted by Gasteiger charge is -2.12. The molecule has 0 bridgehead atoms. The minimum Gasteiger partial charge on any atom is -0.495 e. The molecule has 2 aromatic heterocycles. The van der Waals surface area contributed by atoms with Crippen LogP contribution < -0.4 is 10.1 Å². The predicted molar refractivity (Wildman–Crippen MR) is 93.0 cm³/mol. The smallest absolute Gasteiger partial charge is 0.152 e. The standard InChI is InChI=1S/C17H17ClN4O/c1-17(2)6-4-12-13(5-7-17)20-10-21-16(12)22-14-8-11(23-3)9-19-15(14)18/h4-10H,1-3H3,(H,20,21,22). The quantitative estimate of drug-likeness (QED) is 0.849. The topological polar surface area (TPSA) is 59.9 Å². The molecule has 0 fully saturated rings. The van der Waals surface area contributed by atoms with E-state index in [4.69, 9.17) is 16.3 Å². The highest BCUT2D eigenvalue weighted by Gasteiger charge is 2.16. The molecule has 0 aromatic carbocycles. The summed E-state index contributed by atoms with van der Waals surface area (Å²) >= 11 is 6.16. The molecule has 1 aliphatic carbocycles. The lowest BCUT2D eigenvalue weighted by Crippen LogP contribution is -2.01. The molecule has 118 valence electrons. The molecule has 2 aromatic rings. The summed E-state index contributed by atoms with van der Waals surface area (Å²) in [7, 11) is 1.58. The lowest BCUT2D eigenvalue weighted by molar-refractivity contribution is 0.413. The van der Waals surface area contributed by atoms with Gasteiger partial charge < -0.3 is 10.1 Å². The van der Waals surface area contributed by atoms with E-state index in [1.54, 1.807) is 19.4 Å². The summed E-state index contributed by atoms with van der Waals surface area (Å²) in [6.45, 7) is 4.27. The molecule has 1 aliphatic rings. The van der Waals surface area contributed by atoms with Crippen molar-refractivity contribution in [3.05, 3.63) is 47.2 Å². The van der Waals surface area contributed by atoms with Crippen LogP contribution in [0.2, 0.25) is 5.15 Å². The number of halogens is 1. The van der Waals surface area contributed by atoms with Gasteiger partial charge in [0.1, 0.15) is 17.9 Å². The zero-order valence-electron chi connectivity index (χ0n) is 13.2. The molecule has 1 N–H and O–H groups in total. The van der Waals surface area contributed by atoms with Crippen molar-refractivity contribution in [2.24, 2.45) is 5.41 Å². The average Bonchev–Trinajstić information content (AvgIpc) is 2.69. The second-order valence-electron chi connectivity index (χ2n) is 5.85. The van der Waals surface area contributed by atoms with Gasteiger partial charge in [0.25, 0.3) is 0 Å². The normalized spacial score (nSPS) is 15.0. The summed E-state index contributed by atoms with van der Waals surface area (Å²) in [6, 6.07) is 1.78. The number of rotatable bonds is 3. The van der Waals surface area contributed by atoms with Crippen LogP contribution in [0.1, 0.15) is 25.1 Å². The van der Waals surface area contributed by atoms with Crippen molar-refractivity contribution < 1.29 is 4.74 Å². The Morgan fingerprint density at radius 2 is 1.91 bits per heavy atom. The largest absolute Gasteiger partial charge is 0.495 e. The summed E-state index contributed by atoms with van der Waals surface area (Å²) in [5.41, 5.74) is 2.37. The highest BCUT2D eigenvalue weighted by molar-refractivity contribution is 6.32. The van der Waals surface area contributed by atoms with Crippen molar-refractivity contribution in [2.45, 2.75) is 13.8 Å². The molecule has 0 radical (unpaired) electrons. The first-order chi connectivity index (χ1) is 11.0. The molecule has 0 saturated carbocycles. The molecule has 0 unspecified atom stereocenters. The van der Waals surface area contributed by atoms with Crippen LogP contribution in [0.25, 0.3) is 12.2 Å². The summed E-state index contributed by atoms with van der Waals surface area (Å²) in [4.78, 5) is 12.8. The van der Waals surface area contributed by atoms with Gasteiger partial charge in [0.15, 0.2) is 5.15 Å². The van der Waals surface area contributed by atoms with Crippen LogP contribution in [0.15, 0.2) is 30.7 Å². The van der Waals surface area contributed by atoms with Gasteiger partial charge in [-0.3, -0.25) is 0 Å². The fourth-order valence-electron chi connectivity index (χ4n) is 2.21. The average molecular weight is 329 g/mol. The van der Waals surface area contributed by atoms with Gasteiger partial charge >= 0.3 is 0 Å². The maximum Gasteiger partial charge on any atom is 0.152 e. The van der Waals surface area contributed by atoms with Crippen LogP contribution >= 0.6 is 11.6 Å². The minimum atomic E-state index is -0.0346. The third kappa shape index (κ3) is 3.35. The predicted octanol–water partition coefficient (Wildman–Crippen LogP) is 4.34. The number of fused-ring (bicyclic) bond motifs is 1. The van der Waals surface area contributed by atoms with Gasteiger partial charge in [-0.1, -0.05) is 43.7 Å². The fourth-order valence-corrected chi connectivity index (χ4v) is 2.36.